The van der Waals surface area contributed by atoms with Gasteiger partial charge in [0.1, 0.15) is 5.75 Å². The molecule has 1 aliphatic carbocycles. The largest absolute Gasteiger partial charge is 0.426 e. The van der Waals surface area contributed by atoms with Crippen molar-refractivity contribution in [2.24, 2.45) is 0 Å². The first kappa shape index (κ1) is 17.0. The van der Waals surface area contributed by atoms with Crippen molar-refractivity contribution in [3.05, 3.63) is 29.3 Å². The Labute approximate surface area is 134 Å². The van der Waals surface area contributed by atoms with Crippen LogP contribution in [0.2, 0.25) is 0 Å². The van der Waals surface area contributed by atoms with Crippen molar-refractivity contribution in [1.82, 2.24) is 4.90 Å². The second kappa shape index (κ2) is 7.77. The Morgan fingerprint density at radius 2 is 1.95 bits per heavy atom. The number of esters is 1. The SMILES string of the molecule is CCCN(CCC)C1CCc2c(OC(C)=O)cccc2C1C. The van der Waals surface area contributed by atoms with Gasteiger partial charge in [0.25, 0.3) is 0 Å². The summed E-state index contributed by atoms with van der Waals surface area (Å²) < 4.78 is 5.40. The molecular weight excluding hydrogens is 274 g/mol. The highest BCUT2D eigenvalue weighted by Gasteiger charge is 2.31. The molecule has 0 radical (unpaired) electrons. The summed E-state index contributed by atoms with van der Waals surface area (Å²) in [4.78, 5) is 13.9. The van der Waals surface area contributed by atoms with E-state index in [9.17, 15) is 4.79 Å². The molecule has 0 fully saturated rings. The Balaban J connectivity index is 2.25. The normalized spacial score (nSPS) is 20.8. The summed E-state index contributed by atoms with van der Waals surface area (Å²) in [6, 6.07) is 6.73. The van der Waals surface area contributed by atoms with Crippen LogP contribution in [0.15, 0.2) is 18.2 Å². The molecule has 1 aliphatic rings. The van der Waals surface area contributed by atoms with Gasteiger partial charge in [-0.05, 0) is 61.9 Å². The first-order valence-electron chi connectivity index (χ1n) is 8.62. The van der Waals surface area contributed by atoms with E-state index < -0.39 is 0 Å². The van der Waals surface area contributed by atoms with E-state index in [0.29, 0.717) is 12.0 Å². The minimum absolute atomic E-state index is 0.234. The molecule has 0 aromatic heterocycles. The van der Waals surface area contributed by atoms with E-state index in [1.165, 1.54) is 44.0 Å². The van der Waals surface area contributed by atoms with Crippen LogP contribution in [-0.4, -0.2) is 30.0 Å². The number of hydrogen-bond donors (Lipinski definition) is 0. The lowest BCUT2D eigenvalue weighted by molar-refractivity contribution is -0.131. The number of rotatable bonds is 6. The maximum Gasteiger partial charge on any atom is 0.308 e. The van der Waals surface area contributed by atoms with Gasteiger partial charge in [-0.15, -0.1) is 0 Å². The number of nitrogens with zero attached hydrogens (tertiary/aromatic N) is 1. The first-order chi connectivity index (χ1) is 10.6. The molecule has 2 unspecified atom stereocenters. The fraction of sp³-hybridized carbons (Fsp3) is 0.632. The van der Waals surface area contributed by atoms with E-state index >= 15 is 0 Å². The van der Waals surface area contributed by atoms with Crippen LogP contribution >= 0.6 is 0 Å². The van der Waals surface area contributed by atoms with Crippen LogP contribution in [0.25, 0.3) is 0 Å². The summed E-state index contributed by atoms with van der Waals surface area (Å²) in [5.41, 5.74) is 2.58. The zero-order valence-electron chi connectivity index (χ0n) is 14.4. The van der Waals surface area contributed by atoms with Crippen LogP contribution in [0.4, 0.5) is 0 Å². The molecule has 1 aromatic carbocycles. The number of carbonyl (C=O) groups excluding carboxylic acids is 1. The zero-order valence-corrected chi connectivity index (χ0v) is 14.4. The molecule has 1 aromatic rings. The average molecular weight is 303 g/mol. The minimum atomic E-state index is -0.234. The van der Waals surface area contributed by atoms with Crippen molar-refractivity contribution in [1.29, 1.82) is 0 Å². The third-order valence-corrected chi connectivity index (χ3v) is 4.67. The molecule has 22 heavy (non-hydrogen) atoms. The number of hydrogen-bond acceptors (Lipinski definition) is 3. The molecule has 0 N–H and O–H groups in total. The van der Waals surface area contributed by atoms with Crippen LogP contribution in [0.3, 0.4) is 0 Å². The highest BCUT2D eigenvalue weighted by atomic mass is 16.5. The lowest BCUT2D eigenvalue weighted by Gasteiger charge is -2.40. The molecule has 0 aliphatic heterocycles. The summed E-state index contributed by atoms with van der Waals surface area (Å²) in [7, 11) is 0. The van der Waals surface area contributed by atoms with Gasteiger partial charge < -0.3 is 4.74 Å². The van der Waals surface area contributed by atoms with Gasteiger partial charge in [-0.3, -0.25) is 9.69 Å². The highest BCUT2D eigenvalue weighted by Crippen LogP contribution is 2.38. The van der Waals surface area contributed by atoms with Gasteiger partial charge in [0.2, 0.25) is 0 Å². The smallest absolute Gasteiger partial charge is 0.308 e. The predicted octanol–water partition coefficient (Wildman–Crippen LogP) is 4.15. The zero-order chi connectivity index (χ0) is 16.1. The second-order valence-electron chi connectivity index (χ2n) is 6.35. The molecule has 0 saturated carbocycles. The van der Waals surface area contributed by atoms with Gasteiger partial charge in [-0.1, -0.05) is 32.9 Å². The van der Waals surface area contributed by atoms with Crippen molar-refractivity contribution >= 4 is 5.97 Å². The summed E-state index contributed by atoms with van der Waals surface area (Å²) in [6.07, 6.45) is 4.54. The van der Waals surface area contributed by atoms with E-state index in [1.54, 1.807) is 0 Å². The summed E-state index contributed by atoms with van der Waals surface area (Å²) >= 11 is 0. The van der Waals surface area contributed by atoms with Crippen molar-refractivity contribution in [3.63, 3.8) is 0 Å². The maximum absolute atomic E-state index is 11.3. The lowest BCUT2D eigenvalue weighted by Crippen LogP contribution is -2.42. The lowest BCUT2D eigenvalue weighted by atomic mass is 9.79. The third kappa shape index (κ3) is 3.70. The summed E-state index contributed by atoms with van der Waals surface area (Å²) in [5, 5.41) is 0. The van der Waals surface area contributed by atoms with E-state index in [2.05, 4.69) is 31.7 Å². The molecule has 0 amide bonds. The van der Waals surface area contributed by atoms with Crippen LogP contribution in [0, 0.1) is 0 Å². The van der Waals surface area contributed by atoms with E-state index in [-0.39, 0.29) is 5.97 Å². The number of ether oxygens (including phenoxy) is 1. The molecule has 0 saturated heterocycles. The highest BCUT2D eigenvalue weighted by molar-refractivity contribution is 5.70. The van der Waals surface area contributed by atoms with Crippen LogP contribution in [0.5, 0.6) is 5.75 Å². The molecule has 2 atom stereocenters. The van der Waals surface area contributed by atoms with Gasteiger partial charge >= 0.3 is 5.97 Å². The van der Waals surface area contributed by atoms with Crippen LogP contribution in [-0.2, 0) is 11.2 Å². The van der Waals surface area contributed by atoms with Gasteiger partial charge in [0, 0.05) is 13.0 Å². The first-order valence-corrected chi connectivity index (χ1v) is 8.62. The molecule has 2 rings (SSSR count). The summed E-state index contributed by atoms with van der Waals surface area (Å²) in [6.45, 7) is 10.6. The van der Waals surface area contributed by atoms with Crippen molar-refractivity contribution in [3.8, 4) is 5.75 Å². The Kier molecular flexibility index (Phi) is 6.01. The number of fused-ring (bicyclic) bond motifs is 1. The van der Waals surface area contributed by atoms with Crippen LogP contribution < -0.4 is 4.74 Å². The third-order valence-electron chi connectivity index (χ3n) is 4.67. The van der Waals surface area contributed by atoms with E-state index in [0.717, 1.165) is 18.6 Å². The fourth-order valence-corrected chi connectivity index (χ4v) is 3.79. The molecule has 0 spiro atoms. The summed E-state index contributed by atoms with van der Waals surface area (Å²) in [5.74, 6) is 1.01. The van der Waals surface area contributed by atoms with Gasteiger partial charge in [-0.2, -0.15) is 0 Å². The van der Waals surface area contributed by atoms with Crippen molar-refractivity contribution < 1.29 is 9.53 Å². The molecule has 3 nitrogen and oxygen atoms in total. The van der Waals surface area contributed by atoms with Crippen LogP contribution in [0.1, 0.15) is 64.0 Å². The second-order valence-corrected chi connectivity index (χ2v) is 6.35. The Morgan fingerprint density at radius 1 is 1.27 bits per heavy atom. The Bertz CT molecular complexity index is 506. The molecule has 0 heterocycles. The van der Waals surface area contributed by atoms with Gasteiger partial charge in [-0.25, -0.2) is 0 Å². The molecule has 3 heteroatoms. The molecule has 122 valence electrons. The number of carbonyl (C=O) groups is 1. The Morgan fingerprint density at radius 3 is 2.55 bits per heavy atom. The predicted molar refractivity (Wildman–Crippen MR) is 90.4 cm³/mol. The standard InChI is InChI=1S/C19H29NO2/c1-5-12-20(13-6-2)18-11-10-17-16(14(18)3)8-7-9-19(17)22-15(4)21/h7-9,14,18H,5-6,10-13H2,1-4H3. The molecular formula is C19H29NO2. The minimum Gasteiger partial charge on any atom is -0.426 e. The van der Waals surface area contributed by atoms with Crippen molar-refractivity contribution in [2.75, 3.05) is 13.1 Å². The van der Waals surface area contributed by atoms with Gasteiger partial charge in [0.15, 0.2) is 0 Å². The Hall–Kier alpha value is -1.35. The topological polar surface area (TPSA) is 29.5 Å². The van der Waals surface area contributed by atoms with E-state index in [1.807, 2.05) is 12.1 Å². The maximum atomic E-state index is 11.3. The average Bonchev–Trinajstić information content (AvgIpc) is 2.48. The van der Waals surface area contributed by atoms with Gasteiger partial charge in [0.05, 0.1) is 0 Å². The number of benzene rings is 1. The quantitative estimate of drug-likeness (QED) is 0.584. The fourth-order valence-electron chi connectivity index (χ4n) is 3.79. The van der Waals surface area contributed by atoms with Crippen molar-refractivity contribution in [2.45, 2.75) is 65.3 Å². The van der Waals surface area contributed by atoms with E-state index in [4.69, 9.17) is 4.74 Å². The molecule has 0 bridgehead atoms. The monoisotopic (exact) mass is 303 g/mol.